The van der Waals surface area contributed by atoms with Crippen molar-refractivity contribution < 1.29 is 5.11 Å². The van der Waals surface area contributed by atoms with Gasteiger partial charge in [0.2, 0.25) is 0 Å². The molecule has 0 atom stereocenters. The number of nitrogens with zero attached hydrogens (tertiary/aromatic N) is 3. The summed E-state index contributed by atoms with van der Waals surface area (Å²) < 4.78 is 2.34. The normalized spacial score (nSPS) is 11.5. The lowest BCUT2D eigenvalue weighted by Gasteiger charge is -2.11. The van der Waals surface area contributed by atoms with Crippen molar-refractivity contribution in [3.8, 4) is 0 Å². The van der Waals surface area contributed by atoms with Crippen LogP contribution in [0, 0.1) is 0 Å². The lowest BCUT2D eigenvalue weighted by molar-refractivity contribution is 0.282. The zero-order chi connectivity index (χ0) is 17.9. The molecule has 0 radical (unpaired) electrons. The number of fused-ring (bicyclic) bond motifs is 3. The van der Waals surface area contributed by atoms with Crippen molar-refractivity contribution in [3.05, 3.63) is 71.7 Å². The molecule has 1 N–H and O–H groups in total. The van der Waals surface area contributed by atoms with Gasteiger partial charge in [-0.1, -0.05) is 55.8 Å². The molecule has 4 rings (SSSR count). The van der Waals surface area contributed by atoms with Gasteiger partial charge in [0.05, 0.1) is 23.8 Å². The molecule has 0 aliphatic carbocycles. The average molecular weight is 345 g/mol. The predicted octanol–water partition coefficient (Wildman–Crippen LogP) is 4.47. The second kappa shape index (κ2) is 7.26. The van der Waals surface area contributed by atoms with E-state index in [0.717, 1.165) is 59.1 Å². The van der Waals surface area contributed by atoms with E-state index < -0.39 is 0 Å². The van der Waals surface area contributed by atoms with E-state index in [2.05, 4.69) is 40.7 Å². The number of aryl methyl sites for hydroxylation is 1. The van der Waals surface area contributed by atoms with E-state index in [9.17, 15) is 5.11 Å². The summed E-state index contributed by atoms with van der Waals surface area (Å²) in [5.41, 5.74) is 5.26. The molecular weight excluding hydrogens is 322 g/mol. The maximum atomic E-state index is 9.26. The maximum absolute atomic E-state index is 9.26. The van der Waals surface area contributed by atoms with E-state index in [1.807, 2.05) is 30.5 Å². The van der Waals surface area contributed by atoms with Crippen LogP contribution in [0.1, 0.15) is 36.7 Å². The van der Waals surface area contributed by atoms with Crippen LogP contribution in [0.25, 0.3) is 21.9 Å². The fourth-order valence-corrected chi connectivity index (χ4v) is 3.44. The summed E-state index contributed by atoms with van der Waals surface area (Å²) in [6.07, 6.45) is 5.12. The van der Waals surface area contributed by atoms with Gasteiger partial charge in [-0.05, 0) is 23.6 Å². The lowest BCUT2D eigenvalue weighted by Crippen LogP contribution is -2.06. The molecule has 0 saturated heterocycles. The number of unbranched alkanes of at least 4 members (excludes halogenated alkanes) is 1. The highest BCUT2D eigenvalue weighted by Gasteiger charge is 2.14. The third-order valence-corrected chi connectivity index (χ3v) is 4.86. The van der Waals surface area contributed by atoms with Crippen molar-refractivity contribution in [3.63, 3.8) is 0 Å². The number of imidazole rings is 1. The molecule has 132 valence electrons. The van der Waals surface area contributed by atoms with Gasteiger partial charge in [0, 0.05) is 18.4 Å². The minimum absolute atomic E-state index is 0.0757. The summed E-state index contributed by atoms with van der Waals surface area (Å²) in [5.74, 6) is 1.12. The zero-order valence-electron chi connectivity index (χ0n) is 15.0. The Kier molecular flexibility index (Phi) is 4.67. The Morgan fingerprint density at radius 3 is 2.50 bits per heavy atom. The number of aromatic nitrogens is 3. The van der Waals surface area contributed by atoms with Gasteiger partial charge >= 0.3 is 0 Å². The number of rotatable bonds is 6. The minimum atomic E-state index is 0.0757. The minimum Gasteiger partial charge on any atom is -0.392 e. The standard InChI is InChI=1S/C22H23N3O/c1-2-3-8-21-24-20-13-23-19-7-5-4-6-18(19)22(20)25(21)14-16-9-11-17(15-26)12-10-16/h4-7,9-13,26H,2-3,8,14-15H2,1H3. The molecule has 2 aromatic heterocycles. The molecule has 4 heteroatoms. The molecule has 0 fully saturated rings. The van der Waals surface area contributed by atoms with Gasteiger partial charge in [-0.3, -0.25) is 4.98 Å². The quantitative estimate of drug-likeness (QED) is 0.561. The number of aliphatic hydroxyl groups is 1. The summed E-state index contributed by atoms with van der Waals surface area (Å²) in [5, 5.41) is 10.4. The Labute approximate surface area is 153 Å². The second-order valence-electron chi connectivity index (χ2n) is 6.70. The van der Waals surface area contributed by atoms with Crippen LogP contribution in [0.4, 0.5) is 0 Å². The highest BCUT2D eigenvalue weighted by molar-refractivity contribution is 6.02. The first-order valence-electron chi connectivity index (χ1n) is 9.21. The molecule has 0 amide bonds. The van der Waals surface area contributed by atoms with Crippen LogP contribution >= 0.6 is 0 Å². The summed E-state index contributed by atoms with van der Waals surface area (Å²) in [7, 11) is 0. The van der Waals surface area contributed by atoms with Crippen LogP contribution in [-0.2, 0) is 19.6 Å². The molecule has 0 spiro atoms. The largest absolute Gasteiger partial charge is 0.392 e. The van der Waals surface area contributed by atoms with E-state index >= 15 is 0 Å². The number of para-hydroxylation sites is 1. The molecule has 0 aliphatic rings. The van der Waals surface area contributed by atoms with Crippen molar-refractivity contribution >= 4 is 21.9 Å². The number of benzene rings is 2. The molecule has 4 nitrogen and oxygen atoms in total. The SMILES string of the molecule is CCCCc1nc2cnc3ccccc3c2n1Cc1ccc(CO)cc1. The molecule has 0 saturated carbocycles. The van der Waals surface area contributed by atoms with E-state index in [1.165, 1.54) is 5.56 Å². The van der Waals surface area contributed by atoms with Crippen molar-refractivity contribution in [2.75, 3.05) is 0 Å². The summed E-state index contributed by atoms with van der Waals surface area (Å²) in [6, 6.07) is 16.4. The zero-order valence-corrected chi connectivity index (χ0v) is 15.0. The van der Waals surface area contributed by atoms with E-state index in [1.54, 1.807) is 0 Å². The van der Waals surface area contributed by atoms with Gasteiger partial charge in [0.1, 0.15) is 11.3 Å². The van der Waals surface area contributed by atoms with Gasteiger partial charge in [0.15, 0.2) is 0 Å². The molecule has 0 aliphatic heterocycles. The smallest absolute Gasteiger partial charge is 0.110 e. The van der Waals surface area contributed by atoms with Crippen LogP contribution in [0.2, 0.25) is 0 Å². The van der Waals surface area contributed by atoms with Gasteiger partial charge in [0.25, 0.3) is 0 Å². The molecule has 2 aromatic carbocycles. The van der Waals surface area contributed by atoms with Crippen LogP contribution < -0.4 is 0 Å². The number of pyridine rings is 1. The summed E-state index contributed by atoms with van der Waals surface area (Å²) >= 11 is 0. The first-order chi connectivity index (χ1) is 12.8. The maximum Gasteiger partial charge on any atom is 0.110 e. The molecule has 0 bridgehead atoms. The van der Waals surface area contributed by atoms with E-state index in [0.29, 0.717) is 0 Å². The number of hydrogen-bond acceptors (Lipinski definition) is 3. The Bertz CT molecular complexity index is 1030. The third-order valence-electron chi connectivity index (χ3n) is 4.86. The van der Waals surface area contributed by atoms with Crippen LogP contribution in [0.15, 0.2) is 54.7 Å². The average Bonchev–Trinajstić information content (AvgIpc) is 3.04. The Balaban J connectivity index is 1.86. The first-order valence-corrected chi connectivity index (χ1v) is 9.21. The monoisotopic (exact) mass is 345 g/mol. The van der Waals surface area contributed by atoms with Crippen molar-refractivity contribution in [2.24, 2.45) is 0 Å². The van der Waals surface area contributed by atoms with E-state index in [-0.39, 0.29) is 6.61 Å². The highest BCUT2D eigenvalue weighted by atomic mass is 16.3. The van der Waals surface area contributed by atoms with Crippen molar-refractivity contribution in [1.82, 2.24) is 14.5 Å². The highest BCUT2D eigenvalue weighted by Crippen LogP contribution is 2.26. The molecule has 2 heterocycles. The Morgan fingerprint density at radius 1 is 0.962 bits per heavy atom. The van der Waals surface area contributed by atoms with Gasteiger partial charge in [-0.25, -0.2) is 4.98 Å². The van der Waals surface area contributed by atoms with Crippen LogP contribution in [-0.4, -0.2) is 19.6 Å². The third kappa shape index (κ3) is 3.08. The molecule has 4 aromatic rings. The van der Waals surface area contributed by atoms with Crippen LogP contribution in [0.5, 0.6) is 0 Å². The molecular formula is C22H23N3O. The predicted molar refractivity (Wildman–Crippen MR) is 105 cm³/mol. The van der Waals surface area contributed by atoms with Gasteiger partial charge in [-0.2, -0.15) is 0 Å². The summed E-state index contributed by atoms with van der Waals surface area (Å²) in [4.78, 5) is 9.46. The number of aliphatic hydroxyl groups excluding tert-OH is 1. The molecule has 0 unspecified atom stereocenters. The summed E-state index contributed by atoms with van der Waals surface area (Å²) in [6.45, 7) is 3.05. The lowest BCUT2D eigenvalue weighted by atomic mass is 10.1. The van der Waals surface area contributed by atoms with Gasteiger partial charge in [-0.15, -0.1) is 0 Å². The molecule has 26 heavy (non-hydrogen) atoms. The Hall–Kier alpha value is -2.72. The fraction of sp³-hybridized carbons (Fsp3) is 0.273. The first kappa shape index (κ1) is 16.7. The second-order valence-corrected chi connectivity index (χ2v) is 6.70. The fourth-order valence-electron chi connectivity index (χ4n) is 3.44. The Morgan fingerprint density at radius 2 is 1.73 bits per heavy atom. The van der Waals surface area contributed by atoms with Crippen LogP contribution in [0.3, 0.4) is 0 Å². The van der Waals surface area contributed by atoms with Crippen molar-refractivity contribution in [2.45, 2.75) is 39.3 Å². The topological polar surface area (TPSA) is 50.9 Å². The number of hydrogen-bond donors (Lipinski definition) is 1. The van der Waals surface area contributed by atoms with Crippen molar-refractivity contribution in [1.29, 1.82) is 0 Å². The van der Waals surface area contributed by atoms with E-state index in [4.69, 9.17) is 4.98 Å². The van der Waals surface area contributed by atoms with Gasteiger partial charge < -0.3 is 9.67 Å².